The fourth-order valence-electron chi connectivity index (χ4n) is 2.27. The monoisotopic (exact) mass is 377 g/mol. The Morgan fingerprint density at radius 2 is 1.88 bits per heavy atom. The van der Waals surface area contributed by atoms with E-state index in [2.05, 4.69) is 4.99 Å². The molecular formula is C18H13Cl2NO4. The van der Waals surface area contributed by atoms with Gasteiger partial charge in [-0.05, 0) is 36.4 Å². The van der Waals surface area contributed by atoms with Crippen LogP contribution in [0.25, 0.3) is 6.08 Å². The van der Waals surface area contributed by atoms with Crippen LogP contribution >= 0.6 is 23.2 Å². The van der Waals surface area contributed by atoms with Gasteiger partial charge in [0.2, 0.25) is 5.90 Å². The van der Waals surface area contributed by atoms with Crippen LogP contribution in [-0.4, -0.2) is 26.1 Å². The standard InChI is InChI=1S/C18H13Cl2NO4/c1-23-12-5-3-10(16(9-12)24-2)7-15-18(22)25-17(21-15)13-8-11(19)4-6-14(13)20/h3-9H,1-2H3/b15-7-. The fourth-order valence-corrected chi connectivity index (χ4v) is 2.64. The number of methoxy groups -OCH3 is 2. The molecule has 0 amide bonds. The van der Waals surface area contributed by atoms with Crippen LogP contribution < -0.4 is 9.47 Å². The van der Waals surface area contributed by atoms with Crippen LogP contribution in [0.2, 0.25) is 10.0 Å². The van der Waals surface area contributed by atoms with E-state index in [0.29, 0.717) is 32.7 Å². The maximum Gasteiger partial charge on any atom is 0.363 e. The minimum absolute atomic E-state index is 0.108. The SMILES string of the molecule is COc1ccc(/C=C2\N=C(c3cc(Cl)ccc3Cl)OC2=O)c(OC)c1. The first-order valence-electron chi connectivity index (χ1n) is 7.22. The molecule has 0 fully saturated rings. The Kier molecular flexibility index (Phi) is 4.97. The zero-order chi connectivity index (χ0) is 18.0. The average molecular weight is 378 g/mol. The molecule has 0 saturated carbocycles. The second-order valence-corrected chi connectivity index (χ2v) is 5.91. The number of cyclic esters (lactones) is 1. The fraction of sp³-hybridized carbons (Fsp3) is 0.111. The van der Waals surface area contributed by atoms with Gasteiger partial charge in [-0.2, -0.15) is 0 Å². The van der Waals surface area contributed by atoms with Crippen molar-refractivity contribution in [3.63, 3.8) is 0 Å². The van der Waals surface area contributed by atoms with E-state index in [0.717, 1.165) is 0 Å². The molecule has 0 saturated heterocycles. The van der Waals surface area contributed by atoms with Crippen LogP contribution in [0.5, 0.6) is 11.5 Å². The number of benzene rings is 2. The first-order chi connectivity index (χ1) is 12.0. The van der Waals surface area contributed by atoms with Crippen LogP contribution in [0.15, 0.2) is 47.1 Å². The lowest BCUT2D eigenvalue weighted by atomic mass is 10.1. The summed E-state index contributed by atoms with van der Waals surface area (Å²) in [4.78, 5) is 16.4. The van der Waals surface area contributed by atoms with E-state index in [4.69, 9.17) is 37.4 Å². The Balaban J connectivity index is 2.00. The van der Waals surface area contributed by atoms with Crippen molar-refractivity contribution in [1.82, 2.24) is 0 Å². The quantitative estimate of drug-likeness (QED) is 0.586. The van der Waals surface area contributed by atoms with Crippen LogP contribution in [0.4, 0.5) is 0 Å². The molecule has 7 heteroatoms. The van der Waals surface area contributed by atoms with E-state index >= 15 is 0 Å². The van der Waals surface area contributed by atoms with E-state index in [9.17, 15) is 4.79 Å². The molecule has 5 nitrogen and oxygen atoms in total. The second kappa shape index (κ2) is 7.17. The lowest BCUT2D eigenvalue weighted by molar-refractivity contribution is -0.129. The first-order valence-corrected chi connectivity index (χ1v) is 7.97. The molecule has 0 radical (unpaired) electrons. The Hall–Kier alpha value is -2.50. The topological polar surface area (TPSA) is 57.1 Å². The van der Waals surface area contributed by atoms with Gasteiger partial charge in [-0.3, -0.25) is 0 Å². The van der Waals surface area contributed by atoms with Gasteiger partial charge in [-0.15, -0.1) is 0 Å². The highest BCUT2D eigenvalue weighted by Gasteiger charge is 2.26. The smallest absolute Gasteiger partial charge is 0.363 e. The summed E-state index contributed by atoms with van der Waals surface area (Å²) in [6.07, 6.45) is 1.58. The molecule has 2 aromatic rings. The number of halogens is 2. The Bertz CT molecular complexity index is 906. The van der Waals surface area contributed by atoms with Crippen LogP contribution in [0.3, 0.4) is 0 Å². The van der Waals surface area contributed by atoms with Crippen LogP contribution in [0, 0.1) is 0 Å². The third kappa shape index (κ3) is 3.62. The van der Waals surface area contributed by atoms with Crippen LogP contribution in [-0.2, 0) is 9.53 Å². The predicted octanol–water partition coefficient (Wildman–Crippen LogP) is 4.36. The van der Waals surface area contributed by atoms with Crippen molar-refractivity contribution >= 4 is 41.1 Å². The van der Waals surface area contributed by atoms with Gasteiger partial charge in [0.1, 0.15) is 11.5 Å². The number of esters is 1. The maximum atomic E-state index is 12.1. The van der Waals surface area contributed by atoms with Gasteiger partial charge in [0.05, 0.1) is 24.8 Å². The Morgan fingerprint density at radius 3 is 2.60 bits per heavy atom. The summed E-state index contributed by atoms with van der Waals surface area (Å²) < 4.78 is 15.7. The largest absolute Gasteiger partial charge is 0.497 e. The number of carbonyl (C=O) groups is 1. The third-order valence-electron chi connectivity index (χ3n) is 3.51. The van der Waals surface area contributed by atoms with Crippen molar-refractivity contribution in [2.45, 2.75) is 0 Å². The highest BCUT2D eigenvalue weighted by atomic mass is 35.5. The van der Waals surface area contributed by atoms with Crippen molar-refractivity contribution in [3.8, 4) is 11.5 Å². The third-order valence-corrected chi connectivity index (χ3v) is 4.08. The zero-order valence-corrected chi connectivity index (χ0v) is 14.9. The maximum absolute atomic E-state index is 12.1. The lowest BCUT2D eigenvalue weighted by Gasteiger charge is -2.07. The summed E-state index contributed by atoms with van der Waals surface area (Å²) in [6.45, 7) is 0. The molecule has 25 heavy (non-hydrogen) atoms. The van der Waals surface area contributed by atoms with Gasteiger partial charge in [-0.25, -0.2) is 9.79 Å². The molecule has 0 aromatic heterocycles. The minimum Gasteiger partial charge on any atom is -0.497 e. The molecular weight excluding hydrogens is 365 g/mol. The summed E-state index contributed by atoms with van der Waals surface area (Å²) in [7, 11) is 3.09. The van der Waals surface area contributed by atoms with Gasteiger partial charge in [0.25, 0.3) is 0 Å². The lowest BCUT2D eigenvalue weighted by Crippen LogP contribution is -2.06. The molecule has 0 unspecified atom stereocenters. The number of rotatable bonds is 4. The van der Waals surface area contributed by atoms with Crippen molar-refractivity contribution in [3.05, 3.63) is 63.3 Å². The highest BCUT2D eigenvalue weighted by Crippen LogP contribution is 2.30. The van der Waals surface area contributed by atoms with Gasteiger partial charge in [0, 0.05) is 16.7 Å². The molecule has 0 aliphatic carbocycles. The Labute approximate surface area is 154 Å². The number of carbonyl (C=O) groups excluding carboxylic acids is 1. The second-order valence-electron chi connectivity index (χ2n) is 5.07. The average Bonchev–Trinajstić information content (AvgIpc) is 2.97. The van der Waals surface area contributed by atoms with E-state index in [1.54, 1.807) is 49.6 Å². The molecule has 2 aromatic carbocycles. The Morgan fingerprint density at radius 1 is 1.08 bits per heavy atom. The van der Waals surface area contributed by atoms with Gasteiger partial charge in [-0.1, -0.05) is 23.2 Å². The summed E-state index contributed by atoms with van der Waals surface area (Å²) in [5.41, 5.74) is 1.25. The van der Waals surface area contributed by atoms with Crippen LogP contribution in [0.1, 0.15) is 11.1 Å². The summed E-state index contributed by atoms with van der Waals surface area (Å²) in [6, 6.07) is 10.1. The van der Waals surface area contributed by atoms with Crippen molar-refractivity contribution in [1.29, 1.82) is 0 Å². The van der Waals surface area contributed by atoms with Gasteiger partial charge >= 0.3 is 5.97 Å². The molecule has 3 rings (SSSR count). The molecule has 128 valence electrons. The summed E-state index contributed by atoms with van der Waals surface area (Å²) in [5, 5.41) is 0.853. The number of hydrogen-bond donors (Lipinski definition) is 0. The van der Waals surface area contributed by atoms with E-state index in [1.165, 1.54) is 7.11 Å². The van der Waals surface area contributed by atoms with Gasteiger partial charge in [0.15, 0.2) is 5.70 Å². The normalized spacial score (nSPS) is 15.1. The first kappa shape index (κ1) is 17.3. The number of hydrogen-bond acceptors (Lipinski definition) is 5. The zero-order valence-electron chi connectivity index (χ0n) is 13.4. The molecule has 0 N–H and O–H groups in total. The van der Waals surface area contributed by atoms with Gasteiger partial charge < -0.3 is 14.2 Å². The number of ether oxygens (including phenoxy) is 3. The van der Waals surface area contributed by atoms with E-state index in [-0.39, 0.29) is 11.6 Å². The number of aliphatic imine (C=N–C) groups is 1. The van der Waals surface area contributed by atoms with Crippen molar-refractivity contribution < 1.29 is 19.0 Å². The van der Waals surface area contributed by atoms with E-state index in [1.807, 2.05) is 0 Å². The predicted molar refractivity (Wildman–Crippen MR) is 96.6 cm³/mol. The van der Waals surface area contributed by atoms with Crippen molar-refractivity contribution in [2.24, 2.45) is 4.99 Å². The molecule has 1 aliphatic heterocycles. The molecule has 1 aliphatic rings. The van der Waals surface area contributed by atoms with Crippen molar-refractivity contribution in [2.75, 3.05) is 14.2 Å². The molecule has 0 atom stereocenters. The molecule has 0 bridgehead atoms. The summed E-state index contributed by atoms with van der Waals surface area (Å²) in [5.74, 6) is 0.715. The summed E-state index contributed by atoms with van der Waals surface area (Å²) >= 11 is 12.1. The van der Waals surface area contributed by atoms with E-state index < -0.39 is 5.97 Å². The molecule has 0 spiro atoms. The molecule has 1 heterocycles. The highest BCUT2D eigenvalue weighted by molar-refractivity contribution is 6.36. The minimum atomic E-state index is -0.580. The number of nitrogens with zero attached hydrogens (tertiary/aromatic N) is 1.